The van der Waals surface area contributed by atoms with Gasteiger partial charge in [-0.25, -0.2) is 0 Å². The first-order valence-corrected chi connectivity index (χ1v) is 4.05. The average molecular weight is 172 g/mol. The maximum atomic E-state index is 10.3. The van der Waals surface area contributed by atoms with Crippen LogP contribution in [-0.4, -0.2) is 37.3 Å². The van der Waals surface area contributed by atoms with Gasteiger partial charge in [-0.15, -0.1) is 0 Å². The fourth-order valence-electron chi connectivity index (χ4n) is 1.15. The van der Waals surface area contributed by atoms with Gasteiger partial charge >= 0.3 is 7.12 Å². The Labute approximate surface area is 72.0 Å². The van der Waals surface area contributed by atoms with Crippen molar-refractivity contribution in [2.45, 2.75) is 26.0 Å². The van der Waals surface area contributed by atoms with Crippen LogP contribution in [0.25, 0.3) is 0 Å². The Morgan fingerprint density at radius 3 is 2.83 bits per heavy atom. The summed E-state index contributed by atoms with van der Waals surface area (Å²) in [6, 6.07) is 0. The summed E-state index contributed by atoms with van der Waals surface area (Å²) in [4.78, 5) is 10.3. The highest BCUT2D eigenvalue weighted by atomic mass is 16.6. The topological polar surface area (TPSA) is 55.8 Å². The Bertz CT molecular complexity index is 163. The molecular weight excluding hydrogens is 159 g/mol. The molecule has 0 amide bonds. The number of carbonyl (C=O) groups is 1. The van der Waals surface area contributed by atoms with Crippen LogP contribution in [0.4, 0.5) is 0 Å². The van der Waals surface area contributed by atoms with Gasteiger partial charge in [0.15, 0.2) is 0 Å². The first kappa shape index (κ1) is 9.70. The highest BCUT2D eigenvalue weighted by Gasteiger charge is 2.34. The van der Waals surface area contributed by atoms with E-state index in [2.05, 4.69) is 0 Å². The fourth-order valence-corrected chi connectivity index (χ4v) is 1.15. The quantitative estimate of drug-likeness (QED) is 0.469. The zero-order valence-corrected chi connectivity index (χ0v) is 7.27. The number of aliphatic hydroxyl groups is 1. The summed E-state index contributed by atoms with van der Waals surface area (Å²) in [5.41, 5.74) is 0. The molecule has 1 unspecified atom stereocenters. The van der Waals surface area contributed by atoms with Crippen molar-refractivity contribution in [3.63, 3.8) is 0 Å². The lowest BCUT2D eigenvalue weighted by Gasteiger charge is -2.19. The van der Waals surface area contributed by atoms with Crippen LogP contribution in [-0.2, 0) is 14.1 Å². The van der Waals surface area contributed by atoms with Crippen LogP contribution in [0.2, 0.25) is 6.82 Å². The molecule has 0 aromatic heterocycles. The Morgan fingerprint density at radius 1 is 1.75 bits per heavy atom. The molecule has 0 aromatic rings. The second kappa shape index (κ2) is 4.02. The zero-order chi connectivity index (χ0) is 9.14. The van der Waals surface area contributed by atoms with Crippen LogP contribution in [0.15, 0.2) is 0 Å². The fraction of sp³-hybridized carbons (Fsp3) is 0.857. The van der Waals surface area contributed by atoms with Gasteiger partial charge in [0.2, 0.25) is 0 Å². The van der Waals surface area contributed by atoms with E-state index in [9.17, 15) is 9.90 Å². The number of aldehydes is 1. The maximum Gasteiger partial charge on any atom is 0.453 e. The lowest BCUT2D eigenvalue weighted by Crippen LogP contribution is -2.35. The lowest BCUT2D eigenvalue weighted by molar-refractivity contribution is -0.115. The Morgan fingerprint density at radius 2 is 2.42 bits per heavy atom. The van der Waals surface area contributed by atoms with Crippen LogP contribution in [0.3, 0.4) is 0 Å². The van der Waals surface area contributed by atoms with Crippen LogP contribution < -0.4 is 0 Å². The van der Waals surface area contributed by atoms with Crippen molar-refractivity contribution in [3.8, 4) is 0 Å². The minimum Gasteiger partial charge on any atom is -0.409 e. The molecule has 0 spiro atoms. The van der Waals surface area contributed by atoms with E-state index in [0.717, 1.165) is 6.29 Å². The van der Waals surface area contributed by atoms with Crippen molar-refractivity contribution in [2.75, 3.05) is 6.61 Å². The zero-order valence-electron chi connectivity index (χ0n) is 7.27. The van der Waals surface area contributed by atoms with Gasteiger partial charge in [-0.05, 0) is 6.82 Å². The molecule has 1 N–H and O–H groups in total. The molecule has 68 valence electrons. The Balaban J connectivity index is 2.42. The van der Waals surface area contributed by atoms with Crippen molar-refractivity contribution in [2.24, 2.45) is 5.92 Å². The molecule has 1 heterocycles. The van der Waals surface area contributed by atoms with E-state index in [0.29, 0.717) is 6.61 Å². The number of hydrogen-bond acceptors (Lipinski definition) is 4. The molecule has 0 bridgehead atoms. The van der Waals surface area contributed by atoms with Gasteiger partial charge in [-0.3, -0.25) is 0 Å². The van der Waals surface area contributed by atoms with E-state index in [1.807, 2.05) is 0 Å². The summed E-state index contributed by atoms with van der Waals surface area (Å²) >= 11 is 0. The molecule has 12 heavy (non-hydrogen) atoms. The predicted molar refractivity (Wildman–Crippen MR) is 43.7 cm³/mol. The monoisotopic (exact) mass is 172 g/mol. The minimum absolute atomic E-state index is 0.275. The van der Waals surface area contributed by atoms with E-state index in [4.69, 9.17) is 9.31 Å². The molecule has 4 nitrogen and oxygen atoms in total. The molecule has 1 fully saturated rings. The van der Waals surface area contributed by atoms with Crippen LogP contribution >= 0.6 is 0 Å². The highest BCUT2D eigenvalue weighted by Crippen LogP contribution is 2.15. The molecule has 5 heteroatoms. The van der Waals surface area contributed by atoms with Crippen LogP contribution in [0.5, 0.6) is 0 Å². The third-order valence-electron chi connectivity index (χ3n) is 2.00. The summed E-state index contributed by atoms with van der Waals surface area (Å²) in [5, 5.41) is 9.50. The van der Waals surface area contributed by atoms with Crippen molar-refractivity contribution in [3.05, 3.63) is 0 Å². The molecule has 0 aliphatic carbocycles. The van der Waals surface area contributed by atoms with Gasteiger partial charge in [0.25, 0.3) is 0 Å². The van der Waals surface area contributed by atoms with E-state index in [1.54, 1.807) is 13.7 Å². The molecule has 0 aromatic carbocycles. The normalized spacial score (nSPS) is 28.6. The minimum atomic E-state index is -0.757. The predicted octanol–water partition coefficient (Wildman–Crippen LogP) is -0.284. The standard InChI is InChI=1S/C7H13BO4/c1-5(3-9)7(10)6-4-11-8(2)12-6/h3,5-7,10H,4H2,1-2H3/t5-,6?,7+/m1/s1. The summed E-state index contributed by atoms with van der Waals surface area (Å²) in [5.74, 6) is -0.399. The molecule has 0 saturated carbocycles. The number of rotatable bonds is 3. The van der Waals surface area contributed by atoms with E-state index < -0.39 is 12.0 Å². The molecule has 3 atom stereocenters. The van der Waals surface area contributed by atoms with Crippen LogP contribution in [0.1, 0.15) is 6.92 Å². The van der Waals surface area contributed by atoms with Gasteiger partial charge in [-0.2, -0.15) is 0 Å². The largest absolute Gasteiger partial charge is 0.453 e. The second-order valence-corrected chi connectivity index (χ2v) is 3.06. The van der Waals surface area contributed by atoms with Crippen LogP contribution in [0, 0.1) is 5.92 Å². The van der Waals surface area contributed by atoms with E-state index >= 15 is 0 Å². The van der Waals surface area contributed by atoms with Crippen molar-refractivity contribution in [1.29, 1.82) is 0 Å². The molecule has 1 aliphatic heterocycles. The van der Waals surface area contributed by atoms with Crippen molar-refractivity contribution < 1.29 is 19.2 Å². The number of hydrogen-bond donors (Lipinski definition) is 1. The van der Waals surface area contributed by atoms with Gasteiger partial charge < -0.3 is 19.2 Å². The molecule has 1 aliphatic rings. The summed E-state index contributed by atoms with van der Waals surface area (Å²) < 4.78 is 10.3. The highest BCUT2D eigenvalue weighted by molar-refractivity contribution is 6.43. The van der Waals surface area contributed by atoms with Gasteiger partial charge in [0.05, 0.1) is 18.8 Å². The van der Waals surface area contributed by atoms with Gasteiger partial charge in [0.1, 0.15) is 6.29 Å². The third-order valence-corrected chi connectivity index (χ3v) is 2.00. The molecule has 1 rings (SSSR count). The first-order chi connectivity index (χ1) is 5.65. The third kappa shape index (κ3) is 2.06. The maximum absolute atomic E-state index is 10.3. The van der Waals surface area contributed by atoms with Crippen molar-refractivity contribution >= 4 is 13.4 Å². The summed E-state index contributed by atoms with van der Waals surface area (Å²) in [6.45, 7) is 3.78. The summed E-state index contributed by atoms with van der Waals surface area (Å²) in [6.07, 6.45) is -0.399. The van der Waals surface area contributed by atoms with E-state index in [-0.39, 0.29) is 13.2 Å². The van der Waals surface area contributed by atoms with E-state index in [1.165, 1.54) is 0 Å². The summed E-state index contributed by atoms with van der Waals surface area (Å²) in [7, 11) is -0.275. The lowest BCUT2D eigenvalue weighted by atomic mass is 9.96. The molecule has 1 saturated heterocycles. The number of carbonyl (C=O) groups excluding carboxylic acids is 1. The Hall–Kier alpha value is -0.385. The smallest absolute Gasteiger partial charge is 0.409 e. The number of aliphatic hydroxyl groups excluding tert-OH is 1. The SMILES string of the molecule is CB1OCC([C@@H](O)[C@H](C)C=O)O1. The van der Waals surface area contributed by atoms with Gasteiger partial charge in [0, 0.05) is 5.92 Å². The van der Waals surface area contributed by atoms with Gasteiger partial charge in [-0.1, -0.05) is 6.92 Å². The second-order valence-electron chi connectivity index (χ2n) is 3.06. The first-order valence-electron chi connectivity index (χ1n) is 4.05. The molecular formula is C7H13BO4. The Kier molecular flexibility index (Phi) is 3.25. The average Bonchev–Trinajstić information content (AvgIpc) is 2.49. The van der Waals surface area contributed by atoms with Crippen molar-refractivity contribution in [1.82, 2.24) is 0 Å². The molecule has 0 radical (unpaired) electrons.